The zero-order valence-electron chi connectivity index (χ0n) is 17.2. The Morgan fingerprint density at radius 1 is 1.03 bits per heavy atom. The molecule has 6 heteroatoms. The van der Waals surface area contributed by atoms with Gasteiger partial charge in [-0.1, -0.05) is 31.2 Å². The number of amides is 1. The van der Waals surface area contributed by atoms with Crippen molar-refractivity contribution >= 4 is 11.6 Å². The molecule has 29 heavy (non-hydrogen) atoms. The molecule has 1 heterocycles. The minimum absolute atomic E-state index is 0.199. The minimum atomic E-state index is -0.278. The molecule has 150 valence electrons. The number of benzene rings is 2. The molecule has 0 aliphatic heterocycles. The number of ether oxygens (including phenoxy) is 1. The van der Waals surface area contributed by atoms with Gasteiger partial charge in [-0.25, -0.2) is 0 Å². The monoisotopic (exact) mass is 391 g/mol. The third-order valence-corrected chi connectivity index (χ3v) is 4.87. The minimum Gasteiger partial charge on any atom is -0.467 e. The first kappa shape index (κ1) is 20.3. The largest absolute Gasteiger partial charge is 0.467 e. The molecule has 3 rings (SSSR count). The maximum Gasteiger partial charge on any atom is 0.271 e. The summed E-state index contributed by atoms with van der Waals surface area (Å²) in [4.78, 5) is 24.6. The van der Waals surface area contributed by atoms with E-state index in [4.69, 9.17) is 4.74 Å². The fourth-order valence-corrected chi connectivity index (χ4v) is 3.03. The first-order valence-electron chi connectivity index (χ1n) is 9.58. The second-order valence-corrected chi connectivity index (χ2v) is 6.99. The zero-order chi connectivity index (χ0) is 21.0. The molecule has 0 spiro atoms. The SMILES string of the molecule is CCc1cccc(C)c1NC(=O)COc1ccc(=O)n(-c2ccc(C)c(C)c2)n1. The van der Waals surface area contributed by atoms with Crippen LogP contribution in [0.25, 0.3) is 5.69 Å². The van der Waals surface area contributed by atoms with Crippen molar-refractivity contribution in [3.8, 4) is 11.6 Å². The maximum atomic E-state index is 12.4. The van der Waals surface area contributed by atoms with Gasteiger partial charge in [0, 0.05) is 17.8 Å². The highest BCUT2D eigenvalue weighted by Crippen LogP contribution is 2.21. The molecule has 6 nitrogen and oxygen atoms in total. The quantitative estimate of drug-likeness (QED) is 0.695. The summed E-state index contributed by atoms with van der Waals surface area (Å²) in [6.45, 7) is 7.78. The number of rotatable bonds is 6. The van der Waals surface area contributed by atoms with Crippen molar-refractivity contribution in [1.82, 2.24) is 9.78 Å². The van der Waals surface area contributed by atoms with Crippen molar-refractivity contribution < 1.29 is 9.53 Å². The Balaban J connectivity index is 1.74. The number of para-hydroxylation sites is 1. The highest BCUT2D eigenvalue weighted by atomic mass is 16.5. The van der Waals surface area contributed by atoms with Gasteiger partial charge < -0.3 is 10.1 Å². The number of hydrogen-bond donors (Lipinski definition) is 1. The summed E-state index contributed by atoms with van der Waals surface area (Å²) < 4.78 is 6.82. The fourth-order valence-electron chi connectivity index (χ4n) is 3.03. The number of hydrogen-bond acceptors (Lipinski definition) is 4. The first-order chi connectivity index (χ1) is 13.9. The van der Waals surface area contributed by atoms with Crippen molar-refractivity contribution in [3.63, 3.8) is 0 Å². The average molecular weight is 391 g/mol. The smallest absolute Gasteiger partial charge is 0.271 e. The van der Waals surface area contributed by atoms with E-state index in [1.165, 1.54) is 16.8 Å². The van der Waals surface area contributed by atoms with Gasteiger partial charge in [-0.05, 0) is 61.6 Å². The summed E-state index contributed by atoms with van der Waals surface area (Å²) in [5, 5.41) is 7.16. The van der Waals surface area contributed by atoms with E-state index in [0.717, 1.165) is 34.4 Å². The molecular weight excluding hydrogens is 366 g/mol. The summed E-state index contributed by atoms with van der Waals surface area (Å²) >= 11 is 0. The van der Waals surface area contributed by atoms with Gasteiger partial charge in [0.2, 0.25) is 5.88 Å². The molecule has 0 aliphatic carbocycles. The van der Waals surface area contributed by atoms with Crippen molar-refractivity contribution in [2.24, 2.45) is 0 Å². The van der Waals surface area contributed by atoms with Crippen LogP contribution in [0.2, 0.25) is 0 Å². The highest BCUT2D eigenvalue weighted by molar-refractivity contribution is 5.93. The van der Waals surface area contributed by atoms with Crippen molar-refractivity contribution in [3.05, 3.63) is 81.1 Å². The summed E-state index contributed by atoms with van der Waals surface area (Å²) in [6.07, 6.45) is 0.820. The summed E-state index contributed by atoms with van der Waals surface area (Å²) in [5.41, 5.74) is 5.47. The van der Waals surface area contributed by atoms with Crippen LogP contribution >= 0.6 is 0 Å². The number of nitrogens with one attached hydrogen (secondary N) is 1. The zero-order valence-corrected chi connectivity index (χ0v) is 17.2. The number of aryl methyl sites for hydroxylation is 4. The van der Waals surface area contributed by atoms with Crippen molar-refractivity contribution in [2.75, 3.05) is 11.9 Å². The molecule has 0 bridgehead atoms. The van der Waals surface area contributed by atoms with E-state index in [0.29, 0.717) is 5.69 Å². The first-order valence-corrected chi connectivity index (χ1v) is 9.58. The van der Waals surface area contributed by atoms with E-state index < -0.39 is 0 Å². The molecule has 0 atom stereocenters. The summed E-state index contributed by atoms with van der Waals surface area (Å²) in [7, 11) is 0. The molecule has 0 saturated carbocycles. The molecule has 1 aromatic heterocycles. The second kappa shape index (κ2) is 8.73. The van der Waals surface area contributed by atoms with Crippen molar-refractivity contribution in [1.29, 1.82) is 0 Å². The number of carbonyl (C=O) groups is 1. The van der Waals surface area contributed by atoms with Crippen LogP contribution in [0.4, 0.5) is 5.69 Å². The Hall–Kier alpha value is -3.41. The lowest BCUT2D eigenvalue weighted by Crippen LogP contribution is -2.24. The molecule has 0 radical (unpaired) electrons. The molecule has 2 aromatic carbocycles. The third kappa shape index (κ3) is 4.71. The molecule has 1 amide bonds. The van der Waals surface area contributed by atoms with Crippen LogP contribution in [0.15, 0.2) is 53.3 Å². The predicted molar refractivity (Wildman–Crippen MR) is 114 cm³/mol. The van der Waals surface area contributed by atoms with Crippen LogP contribution in [0.5, 0.6) is 5.88 Å². The van der Waals surface area contributed by atoms with Crippen molar-refractivity contribution in [2.45, 2.75) is 34.1 Å². The maximum absolute atomic E-state index is 12.4. The lowest BCUT2D eigenvalue weighted by atomic mass is 10.1. The molecule has 0 saturated heterocycles. The van der Waals surface area contributed by atoms with Gasteiger partial charge in [0.05, 0.1) is 5.69 Å². The van der Waals surface area contributed by atoms with E-state index in [9.17, 15) is 9.59 Å². The molecule has 0 unspecified atom stereocenters. The molecule has 0 aliphatic rings. The summed E-state index contributed by atoms with van der Waals surface area (Å²) in [5.74, 6) is -0.0711. The van der Waals surface area contributed by atoms with Crippen LogP contribution in [-0.4, -0.2) is 22.3 Å². The van der Waals surface area contributed by atoms with Gasteiger partial charge in [-0.15, -0.1) is 5.10 Å². The Bertz CT molecular complexity index is 1100. The Morgan fingerprint density at radius 2 is 1.83 bits per heavy atom. The molecular formula is C23H25N3O3. The Morgan fingerprint density at radius 3 is 2.55 bits per heavy atom. The summed E-state index contributed by atoms with van der Waals surface area (Å²) in [6, 6.07) is 14.4. The van der Waals surface area contributed by atoms with E-state index >= 15 is 0 Å². The van der Waals surface area contributed by atoms with Gasteiger partial charge >= 0.3 is 0 Å². The number of nitrogens with zero attached hydrogens (tertiary/aromatic N) is 2. The van der Waals surface area contributed by atoms with Gasteiger partial charge in [-0.2, -0.15) is 4.68 Å². The number of anilines is 1. The van der Waals surface area contributed by atoms with E-state index in [2.05, 4.69) is 10.4 Å². The number of carbonyl (C=O) groups excluding carboxylic acids is 1. The normalized spacial score (nSPS) is 10.6. The molecule has 3 aromatic rings. The van der Waals surface area contributed by atoms with Gasteiger partial charge in [0.25, 0.3) is 11.5 Å². The van der Waals surface area contributed by atoms with E-state index in [-0.39, 0.29) is 24.0 Å². The van der Waals surface area contributed by atoms with Crippen LogP contribution in [0, 0.1) is 20.8 Å². The fraction of sp³-hybridized carbons (Fsp3) is 0.261. The Labute approximate surface area is 170 Å². The third-order valence-electron chi connectivity index (χ3n) is 4.87. The average Bonchev–Trinajstić information content (AvgIpc) is 2.71. The topological polar surface area (TPSA) is 73.2 Å². The van der Waals surface area contributed by atoms with Crippen LogP contribution in [-0.2, 0) is 11.2 Å². The predicted octanol–water partition coefficient (Wildman–Crippen LogP) is 3.74. The molecule has 0 fully saturated rings. The second-order valence-electron chi connectivity index (χ2n) is 6.99. The van der Waals surface area contributed by atoms with Gasteiger partial charge in [-0.3, -0.25) is 9.59 Å². The van der Waals surface area contributed by atoms with Gasteiger partial charge in [0.15, 0.2) is 6.61 Å². The van der Waals surface area contributed by atoms with E-state index in [1.54, 1.807) is 0 Å². The van der Waals surface area contributed by atoms with Crippen LogP contribution in [0.1, 0.15) is 29.2 Å². The van der Waals surface area contributed by atoms with E-state index in [1.807, 2.05) is 64.1 Å². The standard InChI is InChI=1S/C23H25N3O3/c1-5-18-8-6-7-16(3)23(18)24-20(27)14-29-21-11-12-22(28)26(25-21)19-10-9-15(2)17(4)13-19/h6-13H,5,14H2,1-4H3,(H,24,27). The Kier molecular flexibility index (Phi) is 6.12. The van der Waals surface area contributed by atoms with Crippen LogP contribution < -0.4 is 15.6 Å². The van der Waals surface area contributed by atoms with Crippen LogP contribution in [0.3, 0.4) is 0 Å². The lowest BCUT2D eigenvalue weighted by Gasteiger charge is -2.13. The number of aromatic nitrogens is 2. The van der Waals surface area contributed by atoms with Gasteiger partial charge in [0.1, 0.15) is 0 Å². The molecule has 1 N–H and O–H groups in total. The lowest BCUT2D eigenvalue weighted by molar-refractivity contribution is -0.118. The highest BCUT2D eigenvalue weighted by Gasteiger charge is 2.11.